The first-order valence-corrected chi connectivity index (χ1v) is 7.68. The maximum atomic E-state index is 13.2. The van der Waals surface area contributed by atoms with Crippen LogP contribution in [0.4, 0.5) is 8.78 Å². The standard InChI is InChI=1S/C18H20F2N2O2/c1-12(13-7-8-15(19)16(20)9-13)21-11-18(23)22-10-14-5-3-4-6-17(14)24-2/h3-9,12,21H,10-11H2,1-2H3,(H,22,23)/p+1/t12-/m0/s1. The van der Waals surface area contributed by atoms with Gasteiger partial charge in [-0.25, -0.2) is 8.78 Å². The molecule has 0 radical (unpaired) electrons. The van der Waals surface area contributed by atoms with Gasteiger partial charge in [0.15, 0.2) is 18.2 Å². The molecule has 0 unspecified atom stereocenters. The molecule has 2 aromatic rings. The molecule has 3 N–H and O–H groups in total. The molecule has 1 atom stereocenters. The van der Waals surface area contributed by atoms with Crippen molar-refractivity contribution in [2.24, 2.45) is 0 Å². The van der Waals surface area contributed by atoms with E-state index >= 15 is 0 Å². The second-order valence-corrected chi connectivity index (χ2v) is 5.49. The number of quaternary nitrogens is 1. The maximum absolute atomic E-state index is 13.2. The summed E-state index contributed by atoms with van der Waals surface area (Å²) in [6.07, 6.45) is 0. The van der Waals surface area contributed by atoms with E-state index in [1.54, 1.807) is 12.4 Å². The number of ether oxygens (including phenoxy) is 1. The highest BCUT2D eigenvalue weighted by atomic mass is 19.2. The van der Waals surface area contributed by atoms with E-state index in [2.05, 4.69) is 5.32 Å². The summed E-state index contributed by atoms with van der Waals surface area (Å²) in [4.78, 5) is 12.0. The molecular formula is C18H21F2N2O2+. The Bertz CT molecular complexity index is 707. The predicted molar refractivity (Wildman–Crippen MR) is 86.4 cm³/mol. The Morgan fingerprint density at radius 1 is 1.21 bits per heavy atom. The molecule has 24 heavy (non-hydrogen) atoms. The number of hydrogen-bond donors (Lipinski definition) is 2. The van der Waals surface area contributed by atoms with E-state index in [1.165, 1.54) is 6.07 Å². The molecule has 2 aromatic carbocycles. The molecule has 0 fully saturated rings. The molecule has 6 heteroatoms. The van der Waals surface area contributed by atoms with Gasteiger partial charge in [0.05, 0.1) is 7.11 Å². The average Bonchev–Trinajstić information content (AvgIpc) is 2.60. The Labute approximate surface area is 139 Å². The molecule has 0 aliphatic heterocycles. The molecule has 1 amide bonds. The first-order valence-electron chi connectivity index (χ1n) is 7.68. The van der Waals surface area contributed by atoms with Crippen LogP contribution in [0.3, 0.4) is 0 Å². The topological polar surface area (TPSA) is 54.9 Å². The van der Waals surface area contributed by atoms with E-state index in [0.717, 1.165) is 23.4 Å². The number of carbonyl (C=O) groups is 1. The van der Waals surface area contributed by atoms with Gasteiger partial charge < -0.3 is 15.4 Å². The second-order valence-electron chi connectivity index (χ2n) is 5.49. The minimum atomic E-state index is -0.881. The molecule has 0 aromatic heterocycles. The normalized spacial score (nSPS) is 11.8. The van der Waals surface area contributed by atoms with Crippen LogP contribution < -0.4 is 15.4 Å². The van der Waals surface area contributed by atoms with Gasteiger partial charge in [0.25, 0.3) is 5.91 Å². The van der Waals surface area contributed by atoms with Crippen LogP contribution in [-0.4, -0.2) is 19.6 Å². The Hall–Kier alpha value is -2.47. The first kappa shape index (κ1) is 17.9. The molecule has 0 saturated carbocycles. The van der Waals surface area contributed by atoms with Gasteiger partial charge in [-0.3, -0.25) is 4.79 Å². The lowest BCUT2D eigenvalue weighted by molar-refractivity contribution is -0.682. The van der Waals surface area contributed by atoms with Crippen molar-refractivity contribution in [2.45, 2.75) is 19.5 Å². The average molecular weight is 335 g/mol. The summed E-state index contributed by atoms with van der Waals surface area (Å²) in [5, 5.41) is 4.58. The molecule has 128 valence electrons. The van der Waals surface area contributed by atoms with Gasteiger partial charge in [-0.15, -0.1) is 0 Å². The van der Waals surface area contributed by atoms with Crippen LogP contribution in [0.2, 0.25) is 0 Å². The van der Waals surface area contributed by atoms with Crippen molar-refractivity contribution in [1.82, 2.24) is 5.32 Å². The van der Waals surface area contributed by atoms with Crippen molar-refractivity contribution >= 4 is 5.91 Å². The highest BCUT2D eigenvalue weighted by Gasteiger charge is 2.14. The molecule has 0 bridgehead atoms. The van der Waals surface area contributed by atoms with Crippen LogP contribution in [0.15, 0.2) is 42.5 Å². The predicted octanol–water partition coefficient (Wildman–Crippen LogP) is 1.91. The van der Waals surface area contributed by atoms with Gasteiger partial charge in [0.2, 0.25) is 0 Å². The smallest absolute Gasteiger partial charge is 0.275 e. The van der Waals surface area contributed by atoms with Crippen molar-refractivity contribution in [3.05, 3.63) is 65.2 Å². The van der Waals surface area contributed by atoms with Crippen LogP contribution in [0.1, 0.15) is 24.1 Å². The molecule has 0 aliphatic rings. The summed E-state index contributed by atoms with van der Waals surface area (Å²) in [6.45, 7) is 2.39. The number of hydrogen-bond acceptors (Lipinski definition) is 2. The highest BCUT2D eigenvalue weighted by molar-refractivity contribution is 5.76. The fraction of sp³-hybridized carbons (Fsp3) is 0.278. The number of carbonyl (C=O) groups excluding carboxylic acids is 1. The van der Waals surface area contributed by atoms with E-state index < -0.39 is 11.6 Å². The molecule has 0 spiro atoms. The zero-order valence-electron chi connectivity index (χ0n) is 13.7. The maximum Gasteiger partial charge on any atom is 0.275 e. The van der Waals surface area contributed by atoms with Crippen molar-refractivity contribution in [3.8, 4) is 5.75 Å². The van der Waals surface area contributed by atoms with Gasteiger partial charge in [0.1, 0.15) is 11.8 Å². The van der Waals surface area contributed by atoms with Crippen molar-refractivity contribution in [2.75, 3.05) is 13.7 Å². The van der Waals surface area contributed by atoms with Crippen LogP contribution in [-0.2, 0) is 11.3 Å². The Balaban J connectivity index is 1.83. The lowest BCUT2D eigenvalue weighted by Crippen LogP contribution is -2.87. The number of benzene rings is 2. The second kappa shape index (κ2) is 8.40. The third-order valence-corrected chi connectivity index (χ3v) is 3.79. The number of rotatable bonds is 7. The van der Waals surface area contributed by atoms with E-state index in [-0.39, 0.29) is 18.5 Å². The fourth-order valence-electron chi connectivity index (χ4n) is 2.33. The lowest BCUT2D eigenvalue weighted by Gasteiger charge is -2.12. The number of amides is 1. The van der Waals surface area contributed by atoms with Crippen LogP contribution in [0.25, 0.3) is 0 Å². The van der Waals surface area contributed by atoms with Gasteiger partial charge in [-0.05, 0) is 31.2 Å². The van der Waals surface area contributed by atoms with Crippen molar-refractivity contribution in [3.63, 3.8) is 0 Å². The largest absolute Gasteiger partial charge is 0.496 e. The highest BCUT2D eigenvalue weighted by Crippen LogP contribution is 2.16. The zero-order chi connectivity index (χ0) is 17.5. The molecule has 0 heterocycles. The molecule has 0 aliphatic carbocycles. The van der Waals surface area contributed by atoms with E-state index in [4.69, 9.17) is 4.74 Å². The summed E-state index contributed by atoms with van der Waals surface area (Å²) in [5.41, 5.74) is 1.52. The number of para-hydroxylation sites is 1. The molecule has 2 rings (SSSR count). The van der Waals surface area contributed by atoms with E-state index in [0.29, 0.717) is 12.1 Å². The SMILES string of the molecule is COc1ccccc1CNC(=O)C[NH2+][C@@H](C)c1ccc(F)c(F)c1. The third-order valence-electron chi connectivity index (χ3n) is 3.79. The van der Waals surface area contributed by atoms with E-state index in [9.17, 15) is 13.6 Å². The van der Waals surface area contributed by atoms with Crippen LogP contribution in [0.5, 0.6) is 5.75 Å². The molecular weight excluding hydrogens is 314 g/mol. The van der Waals surface area contributed by atoms with Crippen molar-refractivity contribution in [1.29, 1.82) is 0 Å². The first-order chi connectivity index (χ1) is 11.5. The van der Waals surface area contributed by atoms with Crippen molar-refractivity contribution < 1.29 is 23.6 Å². The minimum absolute atomic E-state index is 0.143. The van der Waals surface area contributed by atoms with Gasteiger partial charge in [-0.2, -0.15) is 0 Å². The number of nitrogens with two attached hydrogens (primary N) is 1. The van der Waals surface area contributed by atoms with Gasteiger partial charge >= 0.3 is 0 Å². The third kappa shape index (κ3) is 4.76. The zero-order valence-corrected chi connectivity index (χ0v) is 13.7. The van der Waals surface area contributed by atoms with Crippen LogP contribution in [0, 0.1) is 11.6 Å². The number of methoxy groups -OCH3 is 1. The summed E-state index contributed by atoms with van der Waals surface area (Å²) in [7, 11) is 1.58. The van der Waals surface area contributed by atoms with Gasteiger partial charge in [0, 0.05) is 17.7 Å². The number of nitrogens with one attached hydrogen (secondary N) is 1. The minimum Gasteiger partial charge on any atom is -0.496 e. The summed E-state index contributed by atoms with van der Waals surface area (Å²) in [6, 6.07) is 11.1. The fourth-order valence-corrected chi connectivity index (χ4v) is 2.33. The Kier molecular flexibility index (Phi) is 6.26. The number of halogens is 2. The molecule has 0 saturated heterocycles. The monoisotopic (exact) mass is 335 g/mol. The Morgan fingerprint density at radius 3 is 2.67 bits per heavy atom. The summed E-state index contributed by atoms with van der Waals surface area (Å²) >= 11 is 0. The Morgan fingerprint density at radius 2 is 1.96 bits per heavy atom. The molecule has 4 nitrogen and oxygen atoms in total. The van der Waals surface area contributed by atoms with E-state index in [1.807, 2.05) is 31.2 Å². The summed E-state index contributed by atoms with van der Waals surface area (Å²) < 4.78 is 31.4. The summed E-state index contributed by atoms with van der Waals surface area (Å²) in [5.74, 6) is -1.18. The van der Waals surface area contributed by atoms with Gasteiger partial charge in [-0.1, -0.05) is 18.2 Å². The lowest BCUT2D eigenvalue weighted by atomic mass is 10.1. The van der Waals surface area contributed by atoms with Crippen LogP contribution >= 0.6 is 0 Å². The quantitative estimate of drug-likeness (QED) is 0.812.